The first-order chi connectivity index (χ1) is 8.22. The molecule has 0 saturated heterocycles. The van der Waals surface area contributed by atoms with Crippen molar-refractivity contribution in [2.24, 2.45) is 11.3 Å². The lowest BCUT2D eigenvalue weighted by atomic mass is 10.1. The molecule has 0 radical (unpaired) electrons. The largest absolute Gasteiger partial charge is 0.399 e. The van der Waals surface area contributed by atoms with E-state index in [1.807, 2.05) is 0 Å². The second-order valence-electron chi connectivity index (χ2n) is 5.76. The average Bonchev–Trinajstić information content (AvgIpc) is 2.88. The van der Waals surface area contributed by atoms with Crippen molar-refractivity contribution in [3.05, 3.63) is 23.8 Å². The van der Waals surface area contributed by atoms with Gasteiger partial charge >= 0.3 is 0 Å². The van der Waals surface area contributed by atoms with Crippen molar-refractivity contribution < 1.29 is 8.42 Å². The molecular formula is C13H20N2O2S. The molecule has 0 spiro atoms. The molecule has 3 N–H and O–H groups in total. The minimum Gasteiger partial charge on any atom is -0.399 e. The van der Waals surface area contributed by atoms with Crippen molar-refractivity contribution in [2.75, 3.05) is 12.3 Å². The summed E-state index contributed by atoms with van der Waals surface area (Å²) in [5.41, 5.74) is 7.35. The van der Waals surface area contributed by atoms with E-state index in [9.17, 15) is 8.42 Å². The van der Waals surface area contributed by atoms with Crippen LogP contribution in [0.2, 0.25) is 0 Å². The van der Waals surface area contributed by atoms with Gasteiger partial charge in [0.2, 0.25) is 10.0 Å². The summed E-state index contributed by atoms with van der Waals surface area (Å²) >= 11 is 0. The topological polar surface area (TPSA) is 72.2 Å². The van der Waals surface area contributed by atoms with E-state index < -0.39 is 10.0 Å². The summed E-state index contributed by atoms with van der Waals surface area (Å²) in [5, 5.41) is 0. The Balaban J connectivity index is 2.08. The molecule has 100 valence electrons. The van der Waals surface area contributed by atoms with Crippen LogP contribution in [0.25, 0.3) is 0 Å². The molecular weight excluding hydrogens is 248 g/mol. The third-order valence-corrected chi connectivity index (χ3v) is 5.21. The number of sulfonamides is 1. The molecule has 1 fully saturated rings. The Morgan fingerprint density at radius 2 is 2.06 bits per heavy atom. The third-order valence-electron chi connectivity index (χ3n) is 3.79. The minimum atomic E-state index is -3.41. The smallest absolute Gasteiger partial charge is 0.240 e. The number of benzene rings is 1. The summed E-state index contributed by atoms with van der Waals surface area (Å²) in [5.74, 6) is 0.446. The molecule has 4 nitrogen and oxygen atoms in total. The van der Waals surface area contributed by atoms with E-state index in [-0.39, 0.29) is 10.3 Å². The molecule has 0 bridgehead atoms. The molecule has 0 aliphatic heterocycles. The highest BCUT2D eigenvalue weighted by Gasteiger charge is 2.45. The molecule has 0 aromatic heterocycles. The Bertz CT molecular complexity index is 564. The second-order valence-corrected chi connectivity index (χ2v) is 7.53. The van der Waals surface area contributed by atoms with Crippen LogP contribution in [0.4, 0.5) is 5.69 Å². The van der Waals surface area contributed by atoms with Gasteiger partial charge in [-0.05, 0) is 48.4 Å². The van der Waals surface area contributed by atoms with Gasteiger partial charge in [-0.15, -0.1) is 0 Å². The summed E-state index contributed by atoms with van der Waals surface area (Å²) < 4.78 is 26.8. The fraction of sp³-hybridized carbons (Fsp3) is 0.538. The number of nitrogen functional groups attached to an aromatic ring is 1. The monoisotopic (exact) mass is 268 g/mol. The Hall–Kier alpha value is -1.07. The summed E-state index contributed by atoms with van der Waals surface area (Å²) in [7, 11) is -3.41. The van der Waals surface area contributed by atoms with Crippen molar-refractivity contribution in [3.63, 3.8) is 0 Å². The van der Waals surface area contributed by atoms with Crippen LogP contribution in [-0.2, 0) is 10.0 Å². The molecule has 1 atom stereocenters. The molecule has 1 unspecified atom stereocenters. The first kappa shape index (κ1) is 13.4. The fourth-order valence-corrected chi connectivity index (χ4v) is 3.20. The number of nitrogens with one attached hydrogen (secondary N) is 1. The lowest BCUT2D eigenvalue weighted by Gasteiger charge is -2.09. The van der Waals surface area contributed by atoms with Crippen LogP contribution in [0.3, 0.4) is 0 Å². The van der Waals surface area contributed by atoms with Crippen LogP contribution in [0.5, 0.6) is 0 Å². The zero-order chi connectivity index (χ0) is 13.6. The van der Waals surface area contributed by atoms with Crippen molar-refractivity contribution in [2.45, 2.75) is 32.1 Å². The van der Waals surface area contributed by atoms with E-state index in [2.05, 4.69) is 18.6 Å². The normalized spacial score (nSPS) is 21.8. The van der Waals surface area contributed by atoms with Crippen molar-refractivity contribution in [3.8, 4) is 0 Å². The van der Waals surface area contributed by atoms with Gasteiger partial charge in [0, 0.05) is 12.2 Å². The van der Waals surface area contributed by atoms with Crippen molar-refractivity contribution in [1.82, 2.24) is 4.72 Å². The van der Waals surface area contributed by atoms with Crippen LogP contribution in [0.1, 0.15) is 25.8 Å². The standard InChI is InChI=1S/C13H20N2O2S/c1-9-6-11(4-5-12(9)14)18(16,17)15-8-10-7-13(10,2)3/h4-6,10,15H,7-8,14H2,1-3H3. The Morgan fingerprint density at radius 1 is 1.44 bits per heavy atom. The number of aryl methyl sites for hydroxylation is 1. The lowest BCUT2D eigenvalue weighted by molar-refractivity contribution is 0.537. The van der Waals surface area contributed by atoms with E-state index >= 15 is 0 Å². The lowest BCUT2D eigenvalue weighted by Crippen LogP contribution is -2.27. The van der Waals surface area contributed by atoms with E-state index in [0.29, 0.717) is 18.2 Å². The van der Waals surface area contributed by atoms with E-state index in [0.717, 1.165) is 12.0 Å². The summed E-state index contributed by atoms with van der Waals surface area (Å²) in [4.78, 5) is 0.285. The van der Waals surface area contributed by atoms with Gasteiger partial charge in [-0.2, -0.15) is 0 Å². The highest BCUT2D eigenvalue weighted by atomic mass is 32.2. The van der Waals surface area contributed by atoms with Crippen LogP contribution in [0, 0.1) is 18.3 Å². The van der Waals surface area contributed by atoms with E-state index in [1.165, 1.54) is 0 Å². The van der Waals surface area contributed by atoms with Crippen LogP contribution in [-0.4, -0.2) is 15.0 Å². The van der Waals surface area contributed by atoms with Crippen molar-refractivity contribution >= 4 is 15.7 Å². The molecule has 1 saturated carbocycles. The number of anilines is 1. The van der Waals surface area contributed by atoms with Crippen LogP contribution >= 0.6 is 0 Å². The fourth-order valence-electron chi connectivity index (χ4n) is 2.03. The van der Waals surface area contributed by atoms with Crippen LogP contribution in [0.15, 0.2) is 23.1 Å². The maximum atomic E-state index is 12.1. The van der Waals surface area contributed by atoms with Gasteiger partial charge in [-0.25, -0.2) is 13.1 Å². The summed E-state index contributed by atoms with van der Waals surface area (Å²) in [6, 6.07) is 4.78. The first-order valence-corrected chi connectivity index (χ1v) is 7.56. The highest BCUT2D eigenvalue weighted by molar-refractivity contribution is 7.89. The number of hydrogen-bond acceptors (Lipinski definition) is 3. The summed E-state index contributed by atoms with van der Waals surface area (Å²) in [6.45, 7) is 6.62. The van der Waals surface area contributed by atoms with Gasteiger partial charge in [0.1, 0.15) is 0 Å². The average molecular weight is 268 g/mol. The number of hydrogen-bond donors (Lipinski definition) is 2. The maximum absolute atomic E-state index is 12.1. The first-order valence-electron chi connectivity index (χ1n) is 6.08. The summed E-state index contributed by atoms with van der Waals surface area (Å²) in [6.07, 6.45) is 1.08. The molecule has 0 heterocycles. The van der Waals surface area contributed by atoms with E-state index in [1.54, 1.807) is 25.1 Å². The molecule has 1 aliphatic rings. The predicted octanol–water partition coefficient (Wildman–Crippen LogP) is 1.90. The SMILES string of the molecule is Cc1cc(S(=O)(=O)NCC2CC2(C)C)ccc1N. The molecule has 1 aromatic rings. The van der Waals surface area contributed by atoms with Gasteiger partial charge in [0.25, 0.3) is 0 Å². The van der Waals surface area contributed by atoms with Gasteiger partial charge in [0.05, 0.1) is 4.90 Å². The van der Waals surface area contributed by atoms with Gasteiger partial charge in [-0.3, -0.25) is 0 Å². The molecule has 5 heteroatoms. The second kappa shape index (κ2) is 4.24. The number of rotatable bonds is 4. The van der Waals surface area contributed by atoms with Crippen LogP contribution < -0.4 is 10.5 Å². The van der Waals surface area contributed by atoms with Gasteiger partial charge in [0.15, 0.2) is 0 Å². The molecule has 0 amide bonds. The van der Waals surface area contributed by atoms with Gasteiger partial charge < -0.3 is 5.73 Å². The Kier molecular flexibility index (Phi) is 3.15. The molecule has 2 rings (SSSR count). The number of nitrogens with two attached hydrogens (primary N) is 1. The maximum Gasteiger partial charge on any atom is 0.240 e. The van der Waals surface area contributed by atoms with Crippen molar-refractivity contribution in [1.29, 1.82) is 0 Å². The predicted molar refractivity (Wildman–Crippen MR) is 72.7 cm³/mol. The zero-order valence-corrected chi connectivity index (χ0v) is 11.8. The highest BCUT2D eigenvalue weighted by Crippen LogP contribution is 2.51. The quantitative estimate of drug-likeness (QED) is 0.819. The minimum absolute atomic E-state index is 0.277. The van der Waals surface area contributed by atoms with Gasteiger partial charge in [-0.1, -0.05) is 13.8 Å². The Labute approximate surface area is 109 Å². The molecule has 1 aromatic carbocycles. The third kappa shape index (κ3) is 2.67. The zero-order valence-electron chi connectivity index (χ0n) is 11.0. The Morgan fingerprint density at radius 3 is 2.56 bits per heavy atom. The molecule has 1 aliphatic carbocycles. The van der Waals surface area contributed by atoms with E-state index in [4.69, 9.17) is 5.73 Å². The molecule has 18 heavy (non-hydrogen) atoms.